The molecular weight excluding hydrogens is 488 g/mol. The molecule has 3 aromatic rings. The normalized spacial score (nSPS) is 22.6. The molecule has 0 aromatic heterocycles. The van der Waals surface area contributed by atoms with Gasteiger partial charge in [0.1, 0.15) is 11.3 Å². The molecule has 0 spiro atoms. The van der Waals surface area contributed by atoms with Gasteiger partial charge < -0.3 is 32.7 Å². The van der Waals surface area contributed by atoms with Crippen LogP contribution in [0.25, 0.3) is 16.7 Å². The van der Waals surface area contributed by atoms with Crippen LogP contribution < -0.4 is 32.7 Å². The van der Waals surface area contributed by atoms with Crippen LogP contribution in [-0.2, 0) is 5.33 Å². The fourth-order valence-corrected chi connectivity index (χ4v) is 5.33. The highest BCUT2D eigenvalue weighted by Crippen LogP contribution is 2.46. The van der Waals surface area contributed by atoms with Crippen LogP contribution in [-0.4, -0.2) is 25.4 Å². The minimum Gasteiger partial charge on any atom is -0.388 e. The number of benzene rings is 3. The first-order chi connectivity index (χ1) is 16.4. The number of nitrogens with two attached hydrogens (primary N) is 2. The number of halogens is 1. The van der Waals surface area contributed by atoms with E-state index < -0.39 is 11.3 Å². The maximum atomic E-state index is 7.17. The molecule has 0 saturated carbocycles. The first-order valence-corrected chi connectivity index (χ1v) is 12.4. The van der Waals surface area contributed by atoms with Gasteiger partial charge in [0.15, 0.2) is 0 Å². The molecule has 2 heterocycles. The maximum Gasteiger partial charge on any atom is 0.132 e. The summed E-state index contributed by atoms with van der Waals surface area (Å²) in [6, 6.07) is 20.6. The minimum atomic E-state index is -0.988. The Morgan fingerprint density at radius 2 is 1.50 bits per heavy atom. The molecule has 6 nitrogen and oxygen atoms in total. The third-order valence-electron chi connectivity index (χ3n) is 6.52. The molecule has 2 bridgehead atoms. The summed E-state index contributed by atoms with van der Waals surface area (Å²) in [7, 11) is 3.82. The topological polar surface area (TPSA) is 100 Å². The lowest BCUT2D eigenvalue weighted by Gasteiger charge is -2.44. The zero-order valence-corrected chi connectivity index (χ0v) is 20.8. The van der Waals surface area contributed by atoms with E-state index >= 15 is 0 Å². The van der Waals surface area contributed by atoms with Crippen LogP contribution in [0.1, 0.15) is 11.1 Å². The molecule has 2 unspecified atom stereocenters. The third-order valence-corrected chi connectivity index (χ3v) is 7.13. The summed E-state index contributed by atoms with van der Waals surface area (Å²) in [5, 5.41) is 14.6. The van der Waals surface area contributed by atoms with Crippen molar-refractivity contribution in [2.24, 2.45) is 11.5 Å². The van der Waals surface area contributed by atoms with Gasteiger partial charge in [-0.25, -0.2) is 0 Å². The lowest BCUT2D eigenvalue weighted by molar-refractivity contribution is 0.673. The molecule has 3 aliphatic rings. The Balaban J connectivity index is 1.73. The Bertz CT molecular complexity index is 1290. The van der Waals surface area contributed by atoms with Gasteiger partial charge in [0.05, 0.1) is 11.4 Å². The Kier molecular flexibility index (Phi) is 5.64. The average Bonchev–Trinajstić information content (AvgIpc) is 2.85. The summed E-state index contributed by atoms with van der Waals surface area (Å²) < 4.78 is 0. The highest BCUT2D eigenvalue weighted by molar-refractivity contribution is 9.08. The number of anilines is 4. The van der Waals surface area contributed by atoms with Crippen LogP contribution in [0.4, 0.5) is 22.7 Å². The molecule has 0 fully saturated rings. The summed E-state index contributed by atoms with van der Waals surface area (Å²) >= 11 is 3.64. The average molecular weight is 517 g/mol. The Morgan fingerprint density at radius 1 is 0.824 bits per heavy atom. The number of alkyl halides is 1. The predicted octanol–water partition coefficient (Wildman–Crippen LogP) is 5.13. The molecule has 1 aliphatic carbocycles. The number of hydrogen-bond acceptors (Lipinski definition) is 6. The van der Waals surface area contributed by atoms with Crippen molar-refractivity contribution in [2.45, 2.75) is 16.7 Å². The lowest BCUT2D eigenvalue weighted by atomic mass is 9.81. The van der Waals surface area contributed by atoms with Crippen LogP contribution >= 0.6 is 15.9 Å². The van der Waals surface area contributed by atoms with E-state index in [1.165, 1.54) is 5.56 Å². The molecule has 0 amide bonds. The van der Waals surface area contributed by atoms with E-state index in [2.05, 4.69) is 67.5 Å². The summed E-state index contributed by atoms with van der Waals surface area (Å²) in [6.07, 6.45) is 5.89. The fraction of sp³-hybridized carbons (Fsp3) is 0.185. The van der Waals surface area contributed by atoms with E-state index in [9.17, 15) is 0 Å². The number of para-hydroxylation sites is 1. The molecule has 2 atom stereocenters. The van der Waals surface area contributed by atoms with Crippen molar-refractivity contribution in [1.82, 2.24) is 0 Å². The van der Waals surface area contributed by atoms with Crippen molar-refractivity contribution in [1.29, 1.82) is 0 Å². The van der Waals surface area contributed by atoms with Crippen LogP contribution in [0.2, 0.25) is 0 Å². The number of nitrogens with one attached hydrogen (secondary N) is 4. The van der Waals surface area contributed by atoms with Crippen molar-refractivity contribution in [3.63, 3.8) is 0 Å². The number of rotatable bonds is 5. The highest BCUT2D eigenvalue weighted by Gasteiger charge is 2.41. The van der Waals surface area contributed by atoms with E-state index in [1.807, 2.05) is 62.7 Å². The van der Waals surface area contributed by atoms with Gasteiger partial charge in [-0.2, -0.15) is 0 Å². The van der Waals surface area contributed by atoms with E-state index in [0.717, 1.165) is 50.3 Å². The summed E-state index contributed by atoms with van der Waals surface area (Å²) in [4.78, 5) is 0. The van der Waals surface area contributed by atoms with Crippen LogP contribution in [0.15, 0.2) is 78.9 Å². The second-order valence-electron chi connectivity index (χ2n) is 8.69. The van der Waals surface area contributed by atoms with Crippen LogP contribution in [0, 0.1) is 0 Å². The second kappa shape index (κ2) is 8.51. The van der Waals surface area contributed by atoms with Gasteiger partial charge in [-0.1, -0.05) is 58.4 Å². The highest BCUT2D eigenvalue weighted by atomic mass is 79.9. The Labute approximate surface area is 208 Å². The first-order valence-electron chi connectivity index (χ1n) is 11.3. The quantitative estimate of drug-likeness (QED) is 0.207. The third kappa shape index (κ3) is 3.66. The smallest absolute Gasteiger partial charge is 0.132 e. The van der Waals surface area contributed by atoms with Crippen LogP contribution in [0.3, 0.4) is 0 Å². The molecule has 8 N–H and O–H groups in total. The summed E-state index contributed by atoms with van der Waals surface area (Å²) in [5.74, 6) is 0. The Morgan fingerprint density at radius 3 is 2.21 bits per heavy atom. The molecule has 0 saturated heterocycles. The zero-order chi connectivity index (χ0) is 23.9. The van der Waals surface area contributed by atoms with E-state index in [1.54, 1.807) is 0 Å². The minimum absolute atomic E-state index is 0.751. The van der Waals surface area contributed by atoms with Gasteiger partial charge in [0, 0.05) is 47.5 Å². The predicted molar refractivity (Wildman–Crippen MR) is 148 cm³/mol. The molecule has 0 radical (unpaired) electrons. The van der Waals surface area contributed by atoms with Crippen molar-refractivity contribution in [3.8, 4) is 11.1 Å². The summed E-state index contributed by atoms with van der Waals surface area (Å²) in [6.45, 7) is 0. The lowest BCUT2D eigenvalue weighted by Crippen LogP contribution is -2.56. The van der Waals surface area contributed by atoms with E-state index in [4.69, 9.17) is 11.5 Å². The van der Waals surface area contributed by atoms with Gasteiger partial charge in [-0.3, -0.25) is 0 Å². The molecule has 7 heteroatoms. The summed E-state index contributed by atoms with van der Waals surface area (Å²) in [5.41, 5.74) is 21.2. The zero-order valence-electron chi connectivity index (χ0n) is 19.2. The molecule has 34 heavy (non-hydrogen) atoms. The van der Waals surface area contributed by atoms with Gasteiger partial charge in [0.25, 0.3) is 0 Å². The van der Waals surface area contributed by atoms with Crippen molar-refractivity contribution in [3.05, 3.63) is 90.0 Å². The Hall–Kier alpha value is -3.26. The standard InChI is InChI=1S/C27H29BrN6/c1-31-21-10-6-11-22(32-2)24(21)20-15-26(29)13-14-27(20,30)34-25-19(9-5-12-23(25)33-26)18-8-4-3-7-17(18)16-28/h3-15,31-34H,16,29-30H2,1-2H3. The first kappa shape index (κ1) is 22.5. The SMILES string of the molecule is CNc1cccc(NC)c1C1=CC2(N)C=CC1(N)Nc1c(cccc1-c1ccccc1CBr)N2. The molecule has 2 aliphatic heterocycles. The van der Waals surface area contributed by atoms with Gasteiger partial charge >= 0.3 is 0 Å². The van der Waals surface area contributed by atoms with Crippen LogP contribution in [0.5, 0.6) is 0 Å². The van der Waals surface area contributed by atoms with Crippen molar-refractivity contribution >= 4 is 44.3 Å². The van der Waals surface area contributed by atoms with Gasteiger partial charge in [0.2, 0.25) is 0 Å². The van der Waals surface area contributed by atoms with E-state index in [0.29, 0.717) is 0 Å². The molecule has 174 valence electrons. The fourth-order valence-electron chi connectivity index (χ4n) is 4.85. The van der Waals surface area contributed by atoms with Crippen molar-refractivity contribution < 1.29 is 0 Å². The molecule has 6 rings (SSSR count). The van der Waals surface area contributed by atoms with Gasteiger partial charge in [-0.05, 0) is 47.6 Å². The number of hydrogen-bond donors (Lipinski definition) is 6. The second-order valence-corrected chi connectivity index (χ2v) is 9.25. The largest absolute Gasteiger partial charge is 0.388 e. The van der Waals surface area contributed by atoms with Crippen molar-refractivity contribution in [2.75, 3.05) is 35.4 Å². The van der Waals surface area contributed by atoms with Gasteiger partial charge in [-0.15, -0.1) is 0 Å². The maximum absolute atomic E-state index is 7.17. The molecular formula is C27H29BrN6. The molecule has 3 aromatic carbocycles. The van der Waals surface area contributed by atoms with E-state index in [-0.39, 0.29) is 0 Å². The monoisotopic (exact) mass is 516 g/mol.